The van der Waals surface area contributed by atoms with Crippen LogP contribution >= 0.6 is 11.3 Å². The summed E-state index contributed by atoms with van der Waals surface area (Å²) < 4.78 is 2.36. The molecule has 6 heteroatoms. The van der Waals surface area contributed by atoms with E-state index < -0.39 is 0 Å². The van der Waals surface area contributed by atoms with Crippen LogP contribution in [0.5, 0.6) is 0 Å². The van der Waals surface area contributed by atoms with Crippen LogP contribution in [0.4, 0.5) is 0 Å². The van der Waals surface area contributed by atoms with Gasteiger partial charge in [0.25, 0.3) is 0 Å². The van der Waals surface area contributed by atoms with Gasteiger partial charge < -0.3 is 9.47 Å². The molecule has 0 aromatic carbocycles. The number of hydrogen-bond acceptors (Lipinski definition) is 4. The molecule has 1 amide bonds. The second-order valence-electron chi connectivity index (χ2n) is 7.71. The molecule has 5 rings (SSSR count). The second kappa shape index (κ2) is 7.08. The van der Waals surface area contributed by atoms with Crippen LogP contribution < -0.4 is 0 Å². The molecule has 3 aromatic rings. The van der Waals surface area contributed by atoms with Crippen molar-refractivity contribution in [3.05, 3.63) is 46.5 Å². The number of nitrogens with zero attached hydrogens (tertiary/aromatic N) is 4. The molecule has 140 valence electrons. The molecule has 4 heterocycles. The molecule has 1 aliphatic heterocycles. The standard InChI is InChI=1S/C21H24N4OS/c26-19(13-17-7-4-12-27-17)24-11-9-16(14-24)25-20(15-5-1-2-6-15)23-18-8-3-10-22-21(18)25/h3-4,7-8,10,12,15-16H,1-2,5-6,9,11,13-14H2/t16-/m0/s1. The molecule has 1 atom stereocenters. The van der Waals surface area contributed by atoms with E-state index in [0.717, 1.165) is 35.6 Å². The van der Waals surface area contributed by atoms with E-state index in [2.05, 4.69) is 15.6 Å². The van der Waals surface area contributed by atoms with E-state index >= 15 is 0 Å². The molecule has 0 bridgehead atoms. The van der Waals surface area contributed by atoms with Crippen molar-refractivity contribution in [2.24, 2.45) is 0 Å². The van der Waals surface area contributed by atoms with E-state index in [1.165, 1.54) is 31.5 Å². The number of thiophene rings is 1. The molecule has 1 aliphatic carbocycles. The largest absolute Gasteiger partial charge is 0.340 e. The predicted octanol–water partition coefficient (Wildman–Crippen LogP) is 4.17. The zero-order chi connectivity index (χ0) is 18.2. The normalized spacial score (nSPS) is 20.7. The maximum atomic E-state index is 12.7. The molecule has 2 fully saturated rings. The summed E-state index contributed by atoms with van der Waals surface area (Å²) in [5.41, 5.74) is 1.97. The van der Waals surface area contributed by atoms with Crippen molar-refractivity contribution >= 4 is 28.4 Å². The van der Waals surface area contributed by atoms with Crippen molar-refractivity contribution in [3.8, 4) is 0 Å². The molecule has 0 N–H and O–H groups in total. The van der Waals surface area contributed by atoms with Crippen LogP contribution in [0.3, 0.4) is 0 Å². The highest BCUT2D eigenvalue weighted by molar-refractivity contribution is 7.10. The minimum atomic E-state index is 0.236. The molecular weight excluding hydrogens is 356 g/mol. The summed E-state index contributed by atoms with van der Waals surface area (Å²) in [5.74, 6) is 1.97. The van der Waals surface area contributed by atoms with Gasteiger partial charge in [0.15, 0.2) is 5.65 Å². The number of imidazole rings is 1. The van der Waals surface area contributed by atoms with Gasteiger partial charge in [-0.25, -0.2) is 9.97 Å². The van der Waals surface area contributed by atoms with E-state index in [4.69, 9.17) is 4.98 Å². The number of carbonyl (C=O) groups is 1. The van der Waals surface area contributed by atoms with Crippen molar-refractivity contribution in [2.45, 2.75) is 50.5 Å². The second-order valence-corrected chi connectivity index (χ2v) is 8.74. The molecule has 0 radical (unpaired) electrons. The average Bonchev–Trinajstić information content (AvgIpc) is 3.46. The third-order valence-electron chi connectivity index (χ3n) is 5.98. The monoisotopic (exact) mass is 380 g/mol. The zero-order valence-corrected chi connectivity index (χ0v) is 16.2. The first kappa shape index (κ1) is 16.9. The van der Waals surface area contributed by atoms with Gasteiger partial charge in [-0.05, 0) is 42.8 Å². The minimum Gasteiger partial charge on any atom is -0.340 e. The van der Waals surface area contributed by atoms with Gasteiger partial charge in [-0.2, -0.15) is 0 Å². The van der Waals surface area contributed by atoms with Gasteiger partial charge in [-0.15, -0.1) is 11.3 Å². The fraction of sp³-hybridized carbons (Fsp3) is 0.476. The van der Waals surface area contributed by atoms with E-state index in [-0.39, 0.29) is 11.9 Å². The van der Waals surface area contributed by atoms with Crippen molar-refractivity contribution < 1.29 is 4.79 Å². The van der Waals surface area contributed by atoms with Crippen LogP contribution in [-0.2, 0) is 11.2 Å². The van der Waals surface area contributed by atoms with Crippen LogP contribution in [0.2, 0.25) is 0 Å². The first-order valence-electron chi connectivity index (χ1n) is 9.92. The van der Waals surface area contributed by atoms with Gasteiger partial charge in [0.2, 0.25) is 5.91 Å². The van der Waals surface area contributed by atoms with Crippen molar-refractivity contribution in [3.63, 3.8) is 0 Å². The van der Waals surface area contributed by atoms with E-state index in [0.29, 0.717) is 12.3 Å². The van der Waals surface area contributed by atoms with Gasteiger partial charge in [-0.3, -0.25) is 4.79 Å². The first-order valence-corrected chi connectivity index (χ1v) is 10.8. The number of fused-ring (bicyclic) bond motifs is 1. The molecule has 1 saturated carbocycles. The number of pyridine rings is 1. The van der Waals surface area contributed by atoms with E-state index in [9.17, 15) is 4.79 Å². The maximum absolute atomic E-state index is 12.7. The van der Waals surface area contributed by atoms with E-state index in [1.807, 2.05) is 34.7 Å². The highest BCUT2D eigenvalue weighted by Crippen LogP contribution is 2.38. The van der Waals surface area contributed by atoms with Gasteiger partial charge in [0.05, 0.1) is 12.5 Å². The van der Waals surface area contributed by atoms with Crippen molar-refractivity contribution in [2.75, 3.05) is 13.1 Å². The lowest BCUT2D eigenvalue weighted by Gasteiger charge is -2.20. The van der Waals surface area contributed by atoms with Crippen molar-refractivity contribution in [1.82, 2.24) is 19.4 Å². The number of carbonyl (C=O) groups excluding carboxylic acids is 1. The first-order chi connectivity index (χ1) is 13.3. The Kier molecular flexibility index (Phi) is 4.44. The molecule has 27 heavy (non-hydrogen) atoms. The summed E-state index contributed by atoms with van der Waals surface area (Å²) in [7, 11) is 0. The van der Waals surface area contributed by atoms with Crippen LogP contribution in [0.25, 0.3) is 11.2 Å². The third-order valence-corrected chi connectivity index (χ3v) is 6.86. The smallest absolute Gasteiger partial charge is 0.227 e. The molecule has 3 aromatic heterocycles. The Hall–Kier alpha value is -2.21. The zero-order valence-electron chi connectivity index (χ0n) is 15.4. The summed E-state index contributed by atoms with van der Waals surface area (Å²) in [6, 6.07) is 8.36. The molecule has 2 aliphatic rings. The summed E-state index contributed by atoms with van der Waals surface area (Å²) in [6.07, 6.45) is 8.37. The Morgan fingerprint density at radius 1 is 1.19 bits per heavy atom. The minimum absolute atomic E-state index is 0.236. The lowest BCUT2D eigenvalue weighted by atomic mass is 10.1. The summed E-state index contributed by atoms with van der Waals surface area (Å²) >= 11 is 1.66. The Bertz CT molecular complexity index is 942. The SMILES string of the molecule is O=C(Cc1cccs1)N1CC[C@H](n2c(C3CCCC3)nc3cccnc32)C1. The number of rotatable bonds is 4. The highest BCUT2D eigenvalue weighted by Gasteiger charge is 2.33. The van der Waals surface area contributed by atoms with Gasteiger partial charge in [0.1, 0.15) is 11.3 Å². The average molecular weight is 381 g/mol. The highest BCUT2D eigenvalue weighted by atomic mass is 32.1. The van der Waals surface area contributed by atoms with Crippen LogP contribution in [0.15, 0.2) is 35.8 Å². The predicted molar refractivity (Wildman–Crippen MR) is 107 cm³/mol. The number of likely N-dealkylation sites (tertiary alicyclic amines) is 1. The molecule has 5 nitrogen and oxygen atoms in total. The fourth-order valence-corrected chi connectivity index (χ4v) is 5.33. The third kappa shape index (κ3) is 3.16. The quantitative estimate of drug-likeness (QED) is 0.683. The topological polar surface area (TPSA) is 51.0 Å². The van der Waals surface area contributed by atoms with Crippen LogP contribution in [0, 0.1) is 0 Å². The Morgan fingerprint density at radius 3 is 2.89 bits per heavy atom. The van der Waals surface area contributed by atoms with Gasteiger partial charge in [-0.1, -0.05) is 18.9 Å². The summed E-state index contributed by atoms with van der Waals surface area (Å²) in [4.78, 5) is 25.5. The van der Waals surface area contributed by atoms with Gasteiger partial charge >= 0.3 is 0 Å². The lowest BCUT2D eigenvalue weighted by molar-refractivity contribution is -0.129. The summed E-state index contributed by atoms with van der Waals surface area (Å²) in [6.45, 7) is 1.59. The maximum Gasteiger partial charge on any atom is 0.227 e. The molecule has 1 saturated heterocycles. The Labute approximate surface area is 163 Å². The number of amides is 1. The number of hydrogen-bond donors (Lipinski definition) is 0. The Balaban J connectivity index is 1.42. The Morgan fingerprint density at radius 2 is 2.07 bits per heavy atom. The van der Waals surface area contributed by atoms with Crippen molar-refractivity contribution in [1.29, 1.82) is 0 Å². The molecule has 0 unspecified atom stereocenters. The van der Waals surface area contributed by atoms with Crippen LogP contribution in [-0.4, -0.2) is 38.4 Å². The fourth-order valence-electron chi connectivity index (χ4n) is 4.63. The summed E-state index contributed by atoms with van der Waals surface area (Å²) in [5, 5.41) is 2.03. The molecule has 0 spiro atoms. The van der Waals surface area contributed by atoms with Crippen LogP contribution in [0.1, 0.15) is 54.8 Å². The van der Waals surface area contributed by atoms with E-state index in [1.54, 1.807) is 11.3 Å². The van der Waals surface area contributed by atoms with Gasteiger partial charge in [0, 0.05) is 30.1 Å². The number of aromatic nitrogens is 3. The lowest BCUT2D eigenvalue weighted by Crippen LogP contribution is -2.30. The molecular formula is C21H24N4OS.